The second-order valence-electron chi connectivity index (χ2n) is 9.03. The molecule has 0 saturated heterocycles. The van der Waals surface area contributed by atoms with Crippen LogP contribution in [-0.2, 0) is 43.4 Å². The van der Waals surface area contributed by atoms with E-state index in [0.29, 0.717) is 12.2 Å². The minimum absolute atomic E-state index is 0. The Kier molecular flexibility index (Phi) is 20.0. The molecule has 6 rings (SSSR count). The van der Waals surface area contributed by atoms with Gasteiger partial charge in [-0.05, 0) is 42.0 Å². The van der Waals surface area contributed by atoms with Crippen molar-refractivity contribution in [2.24, 2.45) is 0 Å². The van der Waals surface area contributed by atoms with Crippen LogP contribution in [0.25, 0.3) is 0 Å². The fraction of sp³-hybridized carbons (Fsp3) is 0.0541. The number of halogens is 2. The summed E-state index contributed by atoms with van der Waals surface area (Å²) in [5.74, 6) is -0.249. The second-order valence-corrected chi connectivity index (χ2v) is 14.2. The molecule has 0 spiro atoms. The number of rotatable bonds is 7. The molecule has 0 atom stereocenters. The van der Waals surface area contributed by atoms with Gasteiger partial charge < -0.3 is 35.1 Å². The minimum atomic E-state index is -0.877. The quantitative estimate of drug-likeness (QED) is 0.0703. The van der Waals surface area contributed by atoms with Crippen molar-refractivity contribution in [1.29, 1.82) is 0 Å². The molecule has 0 fully saturated rings. The standard InChI is InChI=1S/C18H15P.C14H13O2.C5H5.2ClH.Fe.Ru/c1-4-10-16(11-5-1)19(17-12-6-2-7-13-17)18-14-8-3-9-15-18;15-14(13-8-4-5-9-13)16-11-10-12-6-2-1-3-7-12;1-2-4-5-3-1;;;;/h1-15H;1-9H,10-11H2;1-5H;2*1H;;/q;-1;-5;;;;+2/p-1. The van der Waals surface area contributed by atoms with E-state index >= 15 is 0 Å². The summed E-state index contributed by atoms with van der Waals surface area (Å²) in [6, 6.07) is 59.6. The van der Waals surface area contributed by atoms with Gasteiger partial charge in [-0.25, -0.2) is 12.1 Å². The second kappa shape index (κ2) is 23.6. The number of ether oxygens (including phenoxy) is 1. The Morgan fingerprint density at radius 3 is 1.32 bits per heavy atom. The topological polar surface area (TPSA) is 26.3 Å². The zero-order valence-corrected chi connectivity index (χ0v) is 29.3. The van der Waals surface area contributed by atoms with Gasteiger partial charge in [-0.15, -0.1) is 0 Å². The van der Waals surface area contributed by atoms with Crippen LogP contribution in [0.5, 0.6) is 0 Å². The van der Waals surface area contributed by atoms with Crippen LogP contribution >= 0.6 is 27.3 Å². The molecule has 44 heavy (non-hydrogen) atoms. The Morgan fingerprint density at radius 1 is 0.614 bits per heavy atom. The van der Waals surface area contributed by atoms with E-state index in [1.165, 1.54) is 21.5 Å². The number of benzene rings is 4. The Balaban J connectivity index is 0.000000244. The first-order chi connectivity index (χ1) is 21.2. The first-order valence-corrected chi connectivity index (χ1v) is 19.7. The van der Waals surface area contributed by atoms with E-state index in [9.17, 15) is 4.79 Å². The molecule has 2 nitrogen and oxygen atoms in total. The monoisotopic (exact) mass is 769 g/mol. The van der Waals surface area contributed by atoms with E-state index in [0.717, 1.165) is 6.42 Å². The van der Waals surface area contributed by atoms with Gasteiger partial charge >= 0.3 is 34.5 Å². The van der Waals surface area contributed by atoms with Crippen LogP contribution in [0.4, 0.5) is 0 Å². The third kappa shape index (κ3) is 14.3. The van der Waals surface area contributed by atoms with Crippen molar-refractivity contribution in [3.63, 3.8) is 0 Å². The van der Waals surface area contributed by atoms with Gasteiger partial charge in [0.05, 0.1) is 14.5 Å². The summed E-state index contributed by atoms with van der Waals surface area (Å²) in [6.45, 7) is 0.425. The number of carbonyl (C=O) groups excluding carboxylic acids is 1. The summed E-state index contributed by atoms with van der Waals surface area (Å²) in [6.07, 6.45) is 0.757. The summed E-state index contributed by atoms with van der Waals surface area (Å²) in [5, 5.41) is 4.31. The van der Waals surface area contributed by atoms with Gasteiger partial charge in [-0.2, -0.15) is 12.1 Å². The van der Waals surface area contributed by atoms with Crippen LogP contribution in [-0.4, -0.2) is 12.6 Å². The molecular weight excluding hydrogens is 735 g/mol. The van der Waals surface area contributed by atoms with Crippen LogP contribution < -0.4 is 15.9 Å². The summed E-state index contributed by atoms with van der Waals surface area (Å²) < 4.78 is 5.15. The predicted molar refractivity (Wildman–Crippen MR) is 183 cm³/mol. The van der Waals surface area contributed by atoms with E-state index in [1.807, 2.05) is 72.8 Å². The van der Waals surface area contributed by atoms with Crippen LogP contribution in [0.15, 0.2) is 176 Å². The zero-order chi connectivity index (χ0) is 30.4. The van der Waals surface area contributed by atoms with Gasteiger partial charge in [-0.1, -0.05) is 90.5 Å². The van der Waals surface area contributed by atoms with E-state index < -0.39 is 7.92 Å². The third-order valence-electron chi connectivity index (χ3n) is 6.11. The zero-order valence-electron chi connectivity index (χ0n) is 23.9. The van der Waals surface area contributed by atoms with Gasteiger partial charge in [0, 0.05) is 23.5 Å². The molecule has 7 heteroatoms. The fourth-order valence-electron chi connectivity index (χ4n) is 4.13. The molecule has 0 unspecified atom stereocenters. The molecule has 0 aliphatic carbocycles. The molecule has 234 valence electrons. The van der Waals surface area contributed by atoms with E-state index in [4.69, 9.17) is 24.1 Å². The van der Waals surface area contributed by atoms with Crippen LogP contribution in [0.3, 0.4) is 0 Å². The molecule has 6 aromatic rings. The maximum Gasteiger partial charge on any atom is 0.102 e. The van der Waals surface area contributed by atoms with Gasteiger partial charge in [0.2, 0.25) is 0 Å². The molecule has 0 saturated carbocycles. The molecule has 6 aromatic carbocycles. The fourth-order valence-corrected chi connectivity index (χ4v) is 6.71. The average molecular weight is 769 g/mol. The van der Waals surface area contributed by atoms with Crippen molar-refractivity contribution in [2.45, 2.75) is 6.42 Å². The molecule has 0 heterocycles. The van der Waals surface area contributed by atoms with E-state index in [1.54, 1.807) is 12.1 Å². The Hall–Kier alpha value is -2.80. The smallest absolute Gasteiger partial charge is 0.102 e. The van der Waals surface area contributed by atoms with Gasteiger partial charge in [-0.3, -0.25) is 4.79 Å². The molecule has 0 aliphatic heterocycles. The third-order valence-corrected chi connectivity index (χ3v) is 8.84. The van der Waals surface area contributed by atoms with E-state index in [-0.39, 0.29) is 38.2 Å². The summed E-state index contributed by atoms with van der Waals surface area (Å²) in [7, 11) is 8.83. The molecular formula is C37H34Cl2FeO2PRu-5. The first-order valence-electron chi connectivity index (χ1n) is 13.7. The Bertz CT molecular complexity index is 1380. The average Bonchev–Trinajstić information content (AvgIpc) is 3.83. The number of carbonyl (C=O) groups is 1. The Labute approximate surface area is 289 Å². The van der Waals surface area contributed by atoms with Crippen molar-refractivity contribution < 1.29 is 41.7 Å². The largest absolute Gasteiger partial charge is 0.748 e. The van der Waals surface area contributed by atoms with Gasteiger partial charge in [0.15, 0.2) is 0 Å². The van der Waals surface area contributed by atoms with Crippen molar-refractivity contribution in [2.75, 3.05) is 6.61 Å². The molecule has 0 amide bonds. The van der Waals surface area contributed by atoms with Crippen molar-refractivity contribution in [1.82, 2.24) is 0 Å². The van der Waals surface area contributed by atoms with Gasteiger partial charge in [0.1, 0.15) is 15.9 Å². The maximum atomic E-state index is 11.5. The SMILES string of the molecule is O=C(OCCc1ccccc1)[c-]1cccc1.[Cl][Ru][Cl].[Fe].[cH-]1[cH-][cH-][cH-][cH-]1.c1ccc([PH+](c2ccccc2)c2ccccc2)cc1. The van der Waals surface area contributed by atoms with Crippen molar-refractivity contribution in [3.8, 4) is 0 Å². The number of hydrogen-bond acceptors (Lipinski definition) is 2. The normalized spacial score (nSPS) is 9.61. The maximum absolute atomic E-state index is 11.5. The summed E-state index contributed by atoms with van der Waals surface area (Å²) in [4.78, 5) is 11.5. The molecule has 0 N–H and O–H groups in total. The van der Waals surface area contributed by atoms with Crippen LogP contribution in [0.1, 0.15) is 15.9 Å². The molecule has 0 aromatic heterocycles. The molecule has 0 bridgehead atoms. The van der Waals surface area contributed by atoms with Crippen molar-refractivity contribution >= 4 is 49.2 Å². The summed E-state index contributed by atoms with van der Waals surface area (Å²) in [5.41, 5.74) is 1.80. The van der Waals surface area contributed by atoms with Crippen LogP contribution in [0.2, 0.25) is 0 Å². The number of hydrogen-bond donors (Lipinski definition) is 0. The van der Waals surface area contributed by atoms with Crippen LogP contribution in [0, 0.1) is 0 Å². The Morgan fingerprint density at radius 2 is 0.955 bits per heavy atom. The van der Waals surface area contributed by atoms with E-state index in [2.05, 4.69) is 91.0 Å². The first kappa shape index (κ1) is 37.4. The van der Waals surface area contributed by atoms with Gasteiger partial charge in [0.25, 0.3) is 5.97 Å². The minimum Gasteiger partial charge on any atom is -0.748 e. The molecule has 0 radical (unpaired) electrons. The molecule has 0 aliphatic rings. The predicted octanol–water partition coefficient (Wildman–Crippen LogP) is 8.76. The number of esters is 1. The summed E-state index contributed by atoms with van der Waals surface area (Å²) >= 11 is -0.346. The van der Waals surface area contributed by atoms with Crippen molar-refractivity contribution in [3.05, 3.63) is 187 Å².